The molecule has 0 radical (unpaired) electrons. The normalized spacial score (nSPS) is 10.1. The highest BCUT2D eigenvalue weighted by atomic mass is 16.1. The monoisotopic (exact) mass is 202 g/mol. The first kappa shape index (κ1) is 9.26. The van der Waals surface area contributed by atoms with Crippen LogP contribution in [0.15, 0.2) is 36.7 Å². The number of amides is 1. The molecule has 0 atom stereocenters. The Bertz CT molecular complexity index is 490. The SMILES string of the molecule is NC(=O)c1cccc(N)c1-n1cccn1. The zero-order valence-corrected chi connectivity index (χ0v) is 7.92. The lowest BCUT2D eigenvalue weighted by atomic mass is 10.1. The number of carbonyl (C=O) groups is 1. The third-order valence-corrected chi connectivity index (χ3v) is 2.07. The lowest BCUT2D eigenvalue weighted by molar-refractivity contribution is 0.1000. The Morgan fingerprint density at radius 2 is 2.13 bits per heavy atom. The zero-order chi connectivity index (χ0) is 10.8. The summed E-state index contributed by atoms with van der Waals surface area (Å²) in [5.41, 5.74) is 12.4. The number of anilines is 1. The molecule has 5 nitrogen and oxygen atoms in total. The van der Waals surface area contributed by atoms with Crippen LogP contribution in [0.1, 0.15) is 10.4 Å². The molecule has 0 aliphatic rings. The molecule has 0 saturated heterocycles. The van der Waals surface area contributed by atoms with Gasteiger partial charge in [-0.15, -0.1) is 0 Å². The van der Waals surface area contributed by atoms with Crippen LogP contribution >= 0.6 is 0 Å². The molecule has 0 unspecified atom stereocenters. The standard InChI is InChI=1S/C10H10N4O/c11-8-4-1-3-7(10(12)15)9(8)14-6-2-5-13-14/h1-6H,11H2,(H2,12,15). The molecule has 4 N–H and O–H groups in total. The van der Waals surface area contributed by atoms with Gasteiger partial charge in [0.15, 0.2) is 0 Å². The predicted molar refractivity (Wildman–Crippen MR) is 56.5 cm³/mol. The van der Waals surface area contributed by atoms with E-state index in [0.717, 1.165) is 0 Å². The minimum atomic E-state index is -0.521. The number of rotatable bonds is 2. The predicted octanol–water partition coefficient (Wildman–Crippen LogP) is 0.553. The maximum absolute atomic E-state index is 11.2. The summed E-state index contributed by atoms with van der Waals surface area (Å²) in [5, 5.41) is 4.02. The quantitative estimate of drug-likeness (QED) is 0.697. The summed E-state index contributed by atoms with van der Waals surface area (Å²) in [7, 11) is 0. The van der Waals surface area contributed by atoms with Gasteiger partial charge in [-0.3, -0.25) is 4.79 Å². The number of hydrogen-bond acceptors (Lipinski definition) is 3. The first-order chi connectivity index (χ1) is 7.20. The molecule has 15 heavy (non-hydrogen) atoms. The number of nitrogens with two attached hydrogens (primary N) is 2. The third-order valence-electron chi connectivity index (χ3n) is 2.07. The van der Waals surface area contributed by atoms with Gasteiger partial charge in [-0.25, -0.2) is 4.68 Å². The highest BCUT2D eigenvalue weighted by Crippen LogP contribution is 2.20. The van der Waals surface area contributed by atoms with Crippen LogP contribution in [0.3, 0.4) is 0 Å². The Balaban J connectivity index is 2.68. The third kappa shape index (κ3) is 1.54. The first-order valence-electron chi connectivity index (χ1n) is 4.38. The van der Waals surface area contributed by atoms with Crippen molar-refractivity contribution >= 4 is 11.6 Å². The van der Waals surface area contributed by atoms with Gasteiger partial charge in [0, 0.05) is 12.4 Å². The van der Waals surface area contributed by atoms with E-state index in [2.05, 4.69) is 5.10 Å². The van der Waals surface area contributed by atoms with E-state index in [1.165, 1.54) is 4.68 Å². The zero-order valence-electron chi connectivity index (χ0n) is 7.92. The summed E-state index contributed by atoms with van der Waals surface area (Å²) < 4.78 is 1.52. The maximum atomic E-state index is 11.2. The topological polar surface area (TPSA) is 86.9 Å². The van der Waals surface area contributed by atoms with Crippen LogP contribution in [0.2, 0.25) is 0 Å². The number of aromatic nitrogens is 2. The van der Waals surface area contributed by atoms with Gasteiger partial charge in [0.25, 0.3) is 5.91 Å². The molecule has 0 bridgehead atoms. The Labute approximate surface area is 86.3 Å². The fraction of sp³-hybridized carbons (Fsp3) is 0. The van der Waals surface area contributed by atoms with Crippen molar-refractivity contribution in [3.63, 3.8) is 0 Å². The highest BCUT2D eigenvalue weighted by Gasteiger charge is 2.12. The summed E-state index contributed by atoms with van der Waals surface area (Å²) in [5.74, 6) is -0.521. The molecule has 1 aromatic carbocycles. The van der Waals surface area contributed by atoms with Gasteiger partial charge < -0.3 is 11.5 Å². The van der Waals surface area contributed by atoms with Crippen LogP contribution in [-0.2, 0) is 0 Å². The van der Waals surface area contributed by atoms with E-state index >= 15 is 0 Å². The number of para-hydroxylation sites is 1. The van der Waals surface area contributed by atoms with Crippen molar-refractivity contribution in [3.05, 3.63) is 42.2 Å². The number of benzene rings is 1. The molecule has 0 fully saturated rings. The van der Waals surface area contributed by atoms with Gasteiger partial charge in [0.2, 0.25) is 0 Å². The van der Waals surface area contributed by atoms with Gasteiger partial charge in [0.05, 0.1) is 11.3 Å². The second-order valence-electron chi connectivity index (χ2n) is 3.06. The molecule has 2 rings (SSSR count). The molecular weight excluding hydrogens is 192 g/mol. The molecule has 5 heteroatoms. The maximum Gasteiger partial charge on any atom is 0.250 e. The van der Waals surface area contributed by atoms with Crippen molar-refractivity contribution in [2.24, 2.45) is 5.73 Å². The lowest BCUT2D eigenvalue weighted by Crippen LogP contribution is -2.16. The molecule has 1 aromatic heterocycles. The van der Waals surface area contributed by atoms with E-state index in [1.807, 2.05) is 0 Å². The van der Waals surface area contributed by atoms with Crippen LogP contribution < -0.4 is 11.5 Å². The van der Waals surface area contributed by atoms with Crippen molar-refractivity contribution < 1.29 is 4.79 Å². The summed E-state index contributed by atoms with van der Waals surface area (Å²) in [6.45, 7) is 0. The van der Waals surface area contributed by atoms with Gasteiger partial charge in [-0.2, -0.15) is 5.10 Å². The minimum Gasteiger partial charge on any atom is -0.397 e. The number of carbonyl (C=O) groups excluding carboxylic acids is 1. The van der Waals surface area contributed by atoms with Gasteiger partial charge in [0.1, 0.15) is 5.69 Å². The van der Waals surface area contributed by atoms with E-state index in [-0.39, 0.29) is 0 Å². The van der Waals surface area contributed by atoms with Crippen molar-refractivity contribution in [3.8, 4) is 5.69 Å². The second-order valence-corrected chi connectivity index (χ2v) is 3.06. The molecule has 76 valence electrons. The smallest absolute Gasteiger partial charge is 0.250 e. The Kier molecular flexibility index (Phi) is 2.13. The Morgan fingerprint density at radius 1 is 1.33 bits per heavy atom. The molecule has 2 aromatic rings. The van der Waals surface area contributed by atoms with E-state index in [4.69, 9.17) is 11.5 Å². The first-order valence-corrected chi connectivity index (χ1v) is 4.38. The summed E-state index contributed by atoms with van der Waals surface area (Å²) in [6, 6.07) is 6.75. The largest absolute Gasteiger partial charge is 0.397 e. The van der Waals surface area contributed by atoms with Crippen LogP contribution in [0.25, 0.3) is 5.69 Å². The second kappa shape index (κ2) is 3.45. The summed E-state index contributed by atoms with van der Waals surface area (Å²) >= 11 is 0. The molecule has 0 aliphatic carbocycles. The van der Waals surface area contributed by atoms with Crippen LogP contribution in [0, 0.1) is 0 Å². The fourth-order valence-electron chi connectivity index (χ4n) is 1.42. The average molecular weight is 202 g/mol. The lowest BCUT2D eigenvalue weighted by Gasteiger charge is -2.09. The number of nitrogen functional groups attached to an aromatic ring is 1. The van der Waals surface area contributed by atoms with Crippen LogP contribution in [0.4, 0.5) is 5.69 Å². The highest BCUT2D eigenvalue weighted by molar-refractivity contribution is 5.98. The van der Waals surface area contributed by atoms with E-state index in [9.17, 15) is 4.79 Å². The molecular formula is C10H10N4O. The molecule has 0 aliphatic heterocycles. The van der Waals surface area contributed by atoms with Gasteiger partial charge >= 0.3 is 0 Å². The van der Waals surface area contributed by atoms with E-state index < -0.39 is 5.91 Å². The summed E-state index contributed by atoms with van der Waals surface area (Å²) in [6.07, 6.45) is 3.31. The van der Waals surface area contributed by atoms with Crippen molar-refractivity contribution in [2.45, 2.75) is 0 Å². The molecule has 0 saturated carbocycles. The average Bonchev–Trinajstić information content (AvgIpc) is 2.70. The van der Waals surface area contributed by atoms with Crippen molar-refractivity contribution in [2.75, 3.05) is 5.73 Å². The molecule has 1 heterocycles. The van der Waals surface area contributed by atoms with Gasteiger partial charge in [-0.05, 0) is 18.2 Å². The minimum absolute atomic E-state index is 0.360. The summed E-state index contributed by atoms with van der Waals surface area (Å²) in [4.78, 5) is 11.2. The number of nitrogens with zero attached hydrogens (tertiary/aromatic N) is 2. The molecule has 0 spiro atoms. The van der Waals surface area contributed by atoms with E-state index in [0.29, 0.717) is 16.9 Å². The van der Waals surface area contributed by atoms with Gasteiger partial charge in [-0.1, -0.05) is 6.07 Å². The van der Waals surface area contributed by atoms with E-state index in [1.54, 1.807) is 36.7 Å². The van der Waals surface area contributed by atoms with Crippen LogP contribution in [-0.4, -0.2) is 15.7 Å². The number of hydrogen-bond donors (Lipinski definition) is 2. The molecule has 1 amide bonds. The Hall–Kier alpha value is -2.30. The fourth-order valence-corrected chi connectivity index (χ4v) is 1.42. The van der Waals surface area contributed by atoms with Crippen molar-refractivity contribution in [1.29, 1.82) is 0 Å². The van der Waals surface area contributed by atoms with Crippen molar-refractivity contribution in [1.82, 2.24) is 9.78 Å². The number of primary amides is 1. The Morgan fingerprint density at radius 3 is 2.73 bits per heavy atom. The van der Waals surface area contributed by atoms with Crippen LogP contribution in [0.5, 0.6) is 0 Å².